The van der Waals surface area contributed by atoms with E-state index in [1.54, 1.807) is 0 Å². The summed E-state index contributed by atoms with van der Waals surface area (Å²) in [5.41, 5.74) is 3.15. The number of carbonyl (C=O) groups is 1. The first kappa shape index (κ1) is 14.1. The highest BCUT2D eigenvalue weighted by Gasteiger charge is 2.32. The summed E-state index contributed by atoms with van der Waals surface area (Å²) in [6.07, 6.45) is 6.03. The minimum atomic E-state index is -0.114. The van der Waals surface area contributed by atoms with Crippen LogP contribution in [-0.4, -0.2) is 39.4 Å². The maximum absolute atomic E-state index is 12.0. The Morgan fingerprint density at radius 2 is 2.29 bits per heavy atom. The van der Waals surface area contributed by atoms with Crippen LogP contribution < -0.4 is 0 Å². The largest absolute Gasteiger partial charge is 0.465 e. The molecule has 21 heavy (non-hydrogen) atoms. The van der Waals surface area contributed by atoms with Gasteiger partial charge in [0.2, 0.25) is 0 Å². The molecule has 0 spiro atoms. The maximum Gasteiger partial charge on any atom is 0.323 e. The summed E-state index contributed by atoms with van der Waals surface area (Å²) in [4.78, 5) is 18.8. The van der Waals surface area contributed by atoms with Gasteiger partial charge in [-0.3, -0.25) is 9.69 Å². The molecule has 0 radical (unpaired) electrons. The number of likely N-dealkylation sites (tertiary alicyclic amines) is 1. The fourth-order valence-corrected chi connectivity index (χ4v) is 2.96. The molecule has 1 saturated heterocycles. The van der Waals surface area contributed by atoms with Gasteiger partial charge in [0.25, 0.3) is 0 Å². The van der Waals surface area contributed by atoms with E-state index in [0.717, 1.165) is 30.7 Å². The van der Waals surface area contributed by atoms with Crippen molar-refractivity contribution in [3.63, 3.8) is 0 Å². The van der Waals surface area contributed by atoms with Crippen LogP contribution in [0.15, 0.2) is 24.5 Å². The number of rotatable bonds is 4. The summed E-state index contributed by atoms with van der Waals surface area (Å²) in [7, 11) is 0. The van der Waals surface area contributed by atoms with Crippen molar-refractivity contribution in [1.82, 2.24) is 14.3 Å². The number of carbonyl (C=O) groups excluding carboxylic acids is 1. The zero-order valence-electron chi connectivity index (χ0n) is 12.6. The number of imidazole rings is 1. The summed E-state index contributed by atoms with van der Waals surface area (Å²) in [5.74, 6) is -0.102. The highest BCUT2D eigenvalue weighted by Crippen LogP contribution is 2.21. The molecule has 0 amide bonds. The van der Waals surface area contributed by atoms with Crippen LogP contribution in [0.5, 0.6) is 0 Å². The Balaban J connectivity index is 1.76. The van der Waals surface area contributed by atoms with E-state index < -0.39 is 0 Å². The molecule has 112 valence electrons. The lowest BCUT2D eigenvalue weighted by molar-refractivity contribution is -0.148. The molecule has 1 fully saturated rings. The van der Waals surface area contributed by atoms with Crippen molar-refractivity contribution in [1.29, 1.82) is 0 Å². The van der Waals surface area contributed by atoms with E-state index in [-0.39, 0.29) is 12.0 Å². The van der Waals surface area contributed by atoms with E-state index >= 15 is 0 Å². The van der Waals surface area contributed by atoms with Gasteiger partial charge in [-0.05, 0) is 44.9 Å². The Kier molecular flexibility index (Phi) is 3.92. The zero-order valence-corrected chi connectivity index (χ0v) is 12.6. The summed E-state index contributed by atoms with van der Waals surface area (Å²) in [5, 5.41) is 0. The number of aryl methyl sites for hydroxylation is 1. The lowest BCUT2D eigenvalue weighted by Crippen LogP contribution is -2.36. The molecule has 1 aliphatic heterocycles. The van der Waals surface area contributed by atoms with E-state index in [0.29, 0.717) is 13.2 Å². The fourth-order valence-electron chi connectivity index (χ4n) is 2.96. The Morgan fingerprint density at radius 1 is 1.43 bits per heavy atom. The zero-order chi connectivity index (χ0) is 14.8. The summed E-state index contributed by atoms with van der Waals surface area (Å²) < 4.78 is 7.20. The third-order valence-electron chi connectivity index (χ3n) is 3.94. The minimum absolute atomic E-state index is 0.102. The van der Waals surface area contributed by atoms with Gasteiger partial charge in [0, 0.05) is 18.9 Å². The Bertz CT molecular complexity index is 650. The summed E-state index contributed by atoms with van der Waals surface area (Å²) in [6.45, 7) is 5.98. The molecule has 0 aliphatic carbocycles. The molecule has 1 unspecified atom stereocenters. The quantitative estimate of drug-likeness (QED) is 0.809. The van der Waals surface area contributed by atoms with E-state index in [1.165, 1.54) is 5.56 Å². The van der Waals surface area contributed by atoms with Crippen LogP contribution in [0.3, 0.4) is 0 Å². The van der Waals surface area contributed by atoms with Gasteiger partial charge in [-0.2, -0.15) is 0 Å². The Hall–Kier alpha value is -1.88. The highest BCUT2D eigenvalue weighted by molar-refractivity contribution is 5.76. The van der Waals surface area contributed by atoms with Gasteiger partial charge in [-0.25, -0.2) is 4.98 Å². The van der Waals surface area contributed by atoms with E-state index in [9.17, 15) is 4.79 Å². The molecule has 1 aliphatic rings. The second-order valence-corrected chi connectivity index (χ2v) is 5.58. The number of aromatic nitrogens is 2. The van der Waals surface area contributed by atoms with Crippen molar-refractivity contribution in [3.05, 3.63) is 35.8 Å². The van der Waals surface area contributed by atoms with Gasteiger partial charge < -0.3 is 9.14 Å². The number of pyridine rings is 1. The van der Waals surface area contributed by atoms with Crippen molar-refractivity contribution in [2.45, 2.75) is 39.3 Å². The normalized spacial score (nSPS) is 19.2. The molecule has 1 atom stereocenters. The molecule has 0 saturated carbocycles. The van der Waals surface area contributed by atoms with Gasteiger partial charge in [0.15, 0.2) is 0 Å². The van der Waals surface area contributed by atoms with Gasteiger partial charge in [-0.1, -0.05) is 6.07 Å². The highest BCUT2D eigenvalue weighted by atomic mass is 16.5. The first-order chi connectivity index (χ1) is 10.2. The third kappa shape index (κ3) is 2.93. The first-order valence-electron chi connectivity index (χ1n) is 7.52. The Labute approximate surface area is 124 Å². The molecule has 0 N–H and O–H groups in total. The number of fused-ring (bicyclic) bond motifs is 1. The molecule has 5 nitrogen and oxygen atoms in total. The van der Waals surface area contributed by atoms with Crippen molar-refractivity contribution in [3.8, 4) is 0 Å². The number of hydrogen-bond acceptors (Lipinski definition) is 4. The van der Waals surface area contributed by atoms with Crippen LogP contribution in [0, 0.1) is 6.92 Å². The standard InChI is InChI=1S/C16H21N3O2/c1-3-21-16(20)14-5-4-8-18(14)10-13-11-19-9-12(2)6-7-15(19)17-13/h6-7,9,11,14H,3-5,8,10H2,1-2H3. The predicted molar refractivity (Wildman–Crippen MR) is 80.0 cm³/mol. The maximum atomic E-state index is 12.0. The predicted octanol–water partition coefficient (Wildman–Crippen LogP) is 2.17. The van der Waals surface area contributed by atoms with Crippen molar-refractivity contribution in [2.24, 2.45) is 0 Å². The molecule has 3 heterocycles. The number of ether oxygens (including phenoxy) is 1. The van der Waals surface area contributed by atoms with Crippen LogP contribution in [0.25, 0.3) is 5.65 Å². The van der Waals surface area contributed by atoms with Crippen LogP contribution in [-0.2, 0) is 16.1 Å². The second kappa shape index (κ2) is 5.85. The molecule has 2 aromatic heterocycles. The van der Waals surface area contributed by atoms with Crippen LogP contribution >= 0.6 is 0 Å². The molecule has 5 heteroatoms. The van der Waals surface area contributed by atoms with Crippen molar-refractivity contribution in [2.75, 3.05) is 13.2 Å². The molecular weight excluding hydrogens is 266 g/mol. The molecule has 0 aromatic carbocycles. The van der Waals surface area contributed by atoms with Crippen LogP contribution in [0.4, 0.5) is 0 Å². The number of hydrogen-bond donors (Lipinski definition) is 0. The minimum Gasteiger partial charge on any atom is -0.465 e. The van der Waals surface area contributed by atoms with Gasteiger partial charge in [0.1, 0.15) is 11.7 Å². The van der Waals surface area contributed by atoms with E-state index in [1.807, 2.05) is 23.6 Å². The van der Waals surface area contributed by atoms with Crippen molar-refractivity contribution < 1.29 is 9.53 Å². The average Bonchev–Trinajstić information content (AvgIpc) is 3.05. The Morgan fingerprint density at radius 3 is 3.10 bits per heavy atom. The SMILES string of the molecule is CCOC(=O)C1CCCN1Cc1cn2cc(C)ccc2n1. The van der Waals surface area contributed by atoms with Crippen LogP contribution in [0.2, 0.25) is 0 Å². The smallest absolute Gasteiger partial charge is 0.323 e. The van der Waals surface area contributed by atoms with E-state index in [2.05, 4.69) is 29.1 Å². The van der Waals surface area contributed by atoms with Gasteiger partial charge >= 0.3 is 5.97 Å². The lowest BCUT2D eigenvalue weighted by atomic mass is 10.2. The van der Waals surface area contributed by atoms with Crippen molar-refractivity contribution >= 4 is 11.6 Å². The topological polar surface area (TPSA) is 46.8 Å². The fraction of sp³-hybridized carbons (Fsp3) is 0.500. The molecule has 2 aromatic rings. The summed E-state index contributed by atoms with van der Waals surface area (Å²) in [6, 6.07) is 3.96. The lowest BCUT2D eigenvalue weighted by Gasteiger charge is -2.21. The van der Waals surface area contributed by atoms with Gasteiger partial charge in [0.05, 0.1) is 12.3 Å². The second-order valence-electron chi connectivity index (χ2n) is 5.58. The van der Waals surface area contributed by atoms with Crippen LogP contribution in [0.1, 0.15) is 31.0 Å². The molecule has 3 rings (SSSR count). The monoisotopic (exact) mass is 287 g/mol. The third-order valence-corrected chi connectivity index (χ3v) is 3.94. The van der Waals surface area contributed by atoms with E-state index in [4.69, 9.17) is 4.74 Å². The van der Waals surface area contributed by atoms with Gasteiger partial charge in [-0.15, -0.1) is 0 Å². The average molecular weight is 287 g/mol. The number of esters is 1. The summed E-state index contributed by atoms with van der Waals surface area (Å²) >= 11 is 0. The molecular formula is C16H21N3O2. The first-order valence-corrected chi connectivity index (χ1v) is 7.52. The number of nitrogens with zero attached hydrogens (tertiary/aromatic N) is 3. The molecule has 0 bridgehead atoms.